The summed E-state index contributed by atoms with van der Waals surface area (Å²) >= 11 is 12.3. The first kappa shape index (κ1) is 18.4. The van der Waals surface area contributed by atoms with E-state index in [0.29, 0.717) is 22.2 Å². The zero-order valence-corrected chi connectivity index (χ0v) is 17.0. The molecule has 2 aliphatic rings. The van der Waals surface area contributed by atoms with Crippen LogP contribution in [0.25, 0.3) is 0 Å². The van der Waals surface area contributed by atoms with Gasteiger partial charge in [0.1, 0.15) is 0 Å². The third kappa shape index (κ3) is 2.51. The standard InChI is InChI=1S/C24H17Cl2NO2/c25-18-11-12-20(19(26)13-18)27-21(28)14-23(22(27)29)15-24(23,16-7-3-1-4-8-16)17-9-5-2-6-10-17/h1-13H,14-15H2. The zero-order valence-electron chi connectivity index (χ0n) is 15.4. The molecule has 3 aromatic rings. The van der Waals surface area contributed by atoms with E-state index in [2.05, 4.69) is 0 Å². The van der Waals surface area contributed by atoms with Crippen LogP contribution in [0.4, 0.5) is 5.69 Å². The van der Waals surface area contributed by atoms with Gasteiger partial charge in [-0.05, 0) is 35.7 Å². The van der Waals surface area contributed by atoms with Gasteiger partial charge in [0.05, 0.1) is 16.1 Å². The number of rotatable bonds is 3. The van der Waals surface area contributed by atoms with Crippen LogP contribution in [0.3, 0.4) is 0 Å². The molecule has 5 heteroatoms. The number of nitrogens with zero attached hydrogens (tertiary/aromatic N) is 1. The predicted molar refractivity (Wildman–Crippen MR) is 114 cm³/mol. The van der Waals surface area contributed by atoms with Crippen LogP contribution in [-0.4, -0.2) is 11.8 Å². The monoisotopic (exact) mass is 421 g/mol. The van der Waals surface area contributed by atoms with Crippen molar-refractivity contribution in [1.29, 1.82) is 0 Å². The molecule has 5 rings (SSSR count). The van der Waals surface area contributed by atoms with Crippen molar-refractivity contribution in [2.24, 2.45) is 5.41 Å². The number of carbonyl (C=O) groups is 2. The molecule has 3 aromatic carbocycles. The molecule has 1 spiro atoms. The number of amides is 2. The smallest absolute Gasteiger partial charge is 0.241 e. The summed E-state index contributed by atoms with van der Waals surface area (Å²) in [7, 11) is 0. The number of imide groups is 1. The Balaban J connectivity index is 1.64. The van der Waals surface area contributed by atoms with Crippen molar-refractivity contribution in [2.75, 3.05) is 4.90 Å². The highest BCUT2D eigenvalue weighted by atomic mass is 35.5. The second-order valence-corrected chi connectivity index (χ2v) is 8.55. The molecular formula is C24H17Cl2NO2. The lowest BCUT2D eigenvalue weighted by molar-refractivity contribution is -0.123. The largest absolute Gasteiger partial charge is 0.274 e. The summed E-state index contributed by atoms with van der Waals surface area (Å²) in [6.45, 7) is 0. The maximum absolute atomic E-state index is 13.7. The molecule has 1 heterocycles. The molecule has 1 saturated heterocycles. The lowest BCUT2D eigenvalue weighted by Gasteiger charge is -2.23. The SMILES string of the molecule is O=C1CC2(CC2(c2ccccc2)c2ccccc2)C(=O)N1c1ccc(Cl)cc1Cl. The third-order valence-electron chi connectivity index (χ3n) is 6.26. The summed E-state index contributed by atoms with van der Waals surface area (Å²) in [5, 5.41) is 0.754. The van der Waals surface area contributed by atoms with Crippen molar-refractivity contribution < 1.29 is 9.59 Å². The molecule has 3 nitrogen and oxygen atoms in total. The Morgan fingerprint density at radius 1 is 0.793 bits per heavy atom. The van der Waals surface area contributed by atoms with E-state index in [4.69, 9.17) is 23.2 Å². The number of carbonyl (C=O) groups excluding carboxylic acids is 2. The third-order valence-corrected chi connectivity index (χ3v) is 6.80. The fraction of sp³-hybridized carbons (Fsp3) is 0.167. The molecule has 1 unspecified atom stereocenters. The van der Waals surface area contributed by atoms with Gasteiger partial charge in [0.2, 0.25) is 11.8 Å². The van der Waals surface area contributed by atoms with Crippen molar-refractivity contribution >= 4 is 40.7 Å². The van der Waals surface area contributed by atoms with Crippen LogP contribution < -0.4 is 4.90 Å². The van der Waals surface area contributed by atoms with Crippen molar-refractivity contribution in [2.45, 2.75) is 18.3 Å². The second kappa shape index (κ2) is 6.45. The predicted octanol–water partition coefficient (Wildman–Crippen LogP) is 5.63. The van der Waals surface area contributed by atoms with Gasteiger partial charge in [-0.1, -0.05) is 83.9 Å². The van der Waals surface area contributed by atoms with Crippen LogP contribution in [0.2, 0.25) is 10.0 Å². The summed E-state index contributed by atoms with van der Waals surface area (Å²) in [6.07, 6.45) is 0.759. The van der Waals surface area contributed by atoms with Crippen LogP contribution in [0.5, 0.6) is 0 Å². The number of anilines is 1. The first-order valence-corrected chi connectivity index (χ1v) is 10.2. The fourth-order valence-corrected chi connectivity index (χ4v) is 5.39. The summed E-state index contributed by atoms with van der Waals surface area (Å²) < 4.78 is 0. The number of halogens is 2. The summed E-state index contributed by atoms with van der Waals surface area (Å²) in [5.41, 5.74) is 1.18. The summed E-state index contributed by atoms with van der Waals surface area (Å²) in [4.78, 5) is 28.0. The van der Waals surface area contributed by atoms with E-state index >= 15 is 0 Å². The highest BCUT2D eigenvalue weighted by Gasteiger charge is 2.77. The Morgan fingerprint density at radius 2 is 1.38 bits per heavy atom. The van der Waals surface area contributed by atoms with Gasteiger partial charge in [0.25, 0.3) is 0 Å². The second-order valence-electron chi connectivity index (χ2n) is 7.70. The summed E-state index contributed by atoms with van der Waals surface area (Å²) in [5.74, 6) is -0.424. The van der Waals surface area contributed by atoms with Crippen LogP contribution in [0, 0.1) is 5.41 Å². The van der Waals surface area contributed by atoms with E-state index < -0.39 is 10.8 Å². The van der Waals surface area contributed by atoms with Gasteiger partial charge in [0, 0.05) is 16.9 Å². The molecule has 2 fully saturated rings. The van der Waals surface area contributed by atoms with E-state index in [-0.39, 0.29) is 18.2 Å². The fourth-order valence-electron chi connectivity index (χ4n) is 4.90. The van der Waals surface area contributed by atoms with Crippen LogP contribution in [0.1, 0.15) is 24.0 Å². The molecule has 1 atom stereocenters. The van der Waals surface area contributed by atoms with Crippen LogP contribution in [-0.2, 0) is 15.0 Å². The van der Waals surface area contributed by atoms with Crippen LogP contribution >= 0.6 is 23.2 Å². The van der Waals surface area contributed by atoms with Gasteiger partial charge in [0.15, 0.2) is 0 Å². The lowest BCUT2D eigenvalue weighted by atomic mass is 9.79. The maximum atomic E-state index is 13.7. The van der Waals surface area contributed by atoms with Gasteiger partial charge in [-0.25, -0.2) is 4.90 Å². The Bertz CT molecular complexity index is 1090. The average Bonchev–Trinajstić information content (AvgIpc) is 3.34. The van der Waals surface area contributed by atoms with Crippen molar-refractivity contribution in [3.63, 3.8) is 0 Å². The van der Waals surface area contributed by atoms with Crippen LogP contribution in [0.15, 0.2) is 78.9 Å². The number of hydrogen-bond donors (Lipinski definition) is 0. The molecular weight excluding hydrogens is 405 g/mol. The minimum atomic E-state index is -0.796. The molecule has 1 aliphatic carbocycles. The molecule has 144 valence electrons. The van der Waals surface area contributed by atoms with Crippen molar-refractivity contribution in [3.05, 3.63) is 100 Å². The Hall–Kier alpha value is -2.62. The molecule has 0 N–H and O–H groups in total. The van der Waals surface area contributed by atoms with Gasteiger partial charge in [-0.15, -0.1) is 0 Å². The molecule has 2 amide bonds. The molecule has 1 aliphatic heterocycles. The van der Waals surface area contributed by atoms with E-state index in [1.165, 1.54) is 4.90 Å². The minimum Gasteiger partial charge on any atom is -0.274 e. The normalized spacial score (nSPS) is 22.3. The quantitative estimate of drug-likeness (QED) is 0.513. The van der Waals surface area contributed by atoms with E-state index in [1.807, 2.05) is 60.7 Å². The maximum Gasteiger partial charge on any atom is 0.241 e. The van der Waals surface area contributed by atoms with E-state index in [0.717, 1.165) is 11.1 Å². The van der Waals surface area contributed by atoms with Gasteiger partial charge < -0.3 is 0 Å². The van der Waals surface area contributed by atoms with Crippen molar-refractivity contribution in [3.8, 4) is 0 Å². The number of hydrogen-bond acceptors (Lipinski definition) is 2. The highest BCUT2D eigenvalue weighted by molar-refractivity contribution is 6.38. The minimum absolute atomic E-state index is 0.161. The van der Waals surface area contributed by atoms with Gasteiger partial charge in [-0.2, -0.15) is 0 Å². The lowest BCUT2D eigenvalue weighted by Crippen LogP contribution is -2.34. The molecule has 0 aromatic heterocycles. The highest BCUT2D eigenvalue weighted by Crippen LogP contribution is 2.72. The molecule has 0 radical (unpaired) electrons. The van der Waals surface area contributed by atoms with E-state index in [1.54, 1.807) is 18.2 Å². The first-order chi connectivity index (χ1) is 14.0. The topological polar surface area (TPSA) is 37.4 Å². The first-order valence-electron chi connectivity index (χ1n) is 9.43. The molecule has 1 saturated carbocycles. The zero-order chi connectivity index (χ0) is 20.2. The van der Waals surface area contributed by atoms with Gasteiger partial charge in [-0.3, -0.25) is 9.59 Å². The Labute approximate surface area is 178 Å². The summed E-state index contributed by atoms with van der Waals surface area (Å²) in [6, 6.07) is 24.8. The van der Waals surface area contributed by atoms with Gasteiger partial charge >= 0.3 is 0 Å². The Kier molecular flexibility index (Phi) is 4.09. The average molecular weight is 422 g/mol. The van der Waals surface area contributed by atoms with Crippen molar-refractivity contribution in [1.82, 2.24) is 0 Å². The number of benzene rings is 3. The molecule has 0 bridgehead atoms. The van der Waals surface area contributed by atoms with E-state index in [9.17, 15) is 9.59 Å². The molecule has 29 heavy (non-hydrogen) atoms. The Morgan fingerprint density at radius 3 is 1.93 bits per heavy atom.